The molecule has 0 fully saturated rings. The third-order valence-corrected chi connectivity index (χ3v) is 7.95. The molecule has 0 aliphatic rings. The van der Waals surface area contributed by atoms with E-state index in [1.807, 2.05) is 0 Å². The number of sulfonamides is 1. The van der Waals surface area contributed by atoms with Gasteiger partial charge in [-0.25, -0.2) is 8.42 Å². The molecule has 0 saturated carbocycles. The van der Waals surface area contributed by atoms with Crippen LogP contribution in [-0.4, -0.2) is 23.9 Å². The predicted octanol–water partition coefficient (Wildman–Crippen LogP) is 2.79. The molecule has 2 aromatic carbocycles. The number of anilines is 2. The average Bonchev–Trinajstić information content (AvgIpc) is 3.18. The Labute approximate surface area is 195 Å². The van der Waals surface area contributed by atoms with Crippen LogP contribution in [0.3, 0.4) is 0 Å². The first-order chi connectivity index (χ1) is 15.6. The number of nitrogen functional groups attached to an aromatic ring is 1. The number of halogens is 1. The van der Waals surface area contributed by atoms with E-state index in [2.05, 4.69) is 4.72 Å². The van der Waals surface area contributed by atoms with E-state index < -0.39 is 25.6 Å². The molecule has 172 valence electrons. The first-order valence-electron chi connectivity index (χ1n) is 9.47. The summed E-state index contributed by atoms with van der Waals surface area (Å²) in [5, 5.41) is 0.389. The molecule has 0 aliphatic heterocycles. The van der Waals surface area contributed by atoms with Crippen LogP contribution in [-0.2, 0) is 25.6 Å². The molecule has 4 aromatic rings. The molecule has 3 N–H and O–H groups in total. The summed E-state index contributed by atoms with van der Waals surface area (Å²) < 4.78 is 61.3. The molecule has 0 atom stereocenters. The molecular formula is C21H19ClN3O6S2+. The fourth-order valence-corrected chi connectivity index (χ4v) is 6.01. The van der Waals surface area contributed by atoms with Gasteiger partial charge < -0.3 is 9.25 Å². The highest BCUT2D eigenvalue weighted by molar-refractivity contribution is 7.93. The van der Waals surface area contributed by atoms with Crippen molar-refractivity contribution < 1.29 is 30.8 Å². The average molecular weight is 509 g/mol. The van der Waals surface area contributed by atoms with Crippen LogP contribution in [0.15, 0.2) is 81.3 Å². The number of sulfone groups is 1. The van der Waals surface area contributed by atoms with Crippen molar-refractivity contribution in [3.63, 3.8) is 0 Å². The lowest BCUT2D eigenvalue weighted by Crippen LogP contribution is -2.42. The molecular weight excluding hydrogens is 490 g/mol. The zero-order valence-corrected chi connectivity index (χ0v) is 19.6. The van der Waals surface area contributed by atoms with Gasteiger partial charge in [0, 0.05) is 22.5 Å². The molecule has 4 rings (SSSR count). The van der Waals surface area contributed by atoms with Gasteiger partial charge >= 0.3 is 5.82 Å². The van der Waals surface area contributed by atoms with Crippen LogP contribution in [0.4, 0.5) is 11.5 Å². The van der Waals surface area contributed by atoms with E-state index in [4.69, 9.17) is 26.6 Å². The Morgan fingerprint density at radius 2 is 1.82 bits per heavy atom. The third-order valence-electron chi connectivity index (χ3n) is 4.75. The van der Waals surface area contributed by atoms with Crippen molar-refractivity contribution in [1.29, 1.82) is 0 Å². The molecule has 0 radical (unpaired) electrons. The lowest BCUT2D eigenvalue weighted by Gasteiger charge is -2.13. The lowest BCUT2D eigenvalue weighted by atomic mass is 10.3. The Morgan fingerprint density at radius 3 is 2.52 bits per heavy atom. The number of aromatic nitrogens is 1. The second-order valence-electron chi connectivity index (χ2n) is 7.08. The Kier molecular flexibility index (Phi) is 5.95. The smallest absolute Gasteiger partial charge is 0.312 e. The van der Waals surface area contributed by atoms with E-state index in [0.29, 0.717) is 16.5 Å². The van der Waals surface area contributed by atoms with Crippen LogP contribution >= 0.6 is 11.6 Å². The van der Waals surface area contributed by atoms with Gasteiger partial charge in [-0.05, 0) is 35.9 Å². The maximum Gasteiger partial charge on any atom is 0.312 e. The van der Waals surface area contributed by atoms with E-state index in [-0.39, 0.29) is 26.5 Å². The van der Waals surface area contributed by atoms with Crippen molar-refractivity contribution in [2.45, 2.75) is 15.7 Å². The quantitative estimate of drug-likeness (QED) is 0.367. The Bertz CT molecular complexity index is 1530. The molecule has 2 heterocycles. The number of fused-ring (bicyclic) bond motifs is 1. The number of rotatable bonds is 7. The number of nitrogens with two attached hydrogens (primary N) is 1. The number of furan rings is 1. The largest absolute Gasteiger partial charge is 0.443 e. The van der Waals surface area contributed by atoms with Gasteiger partial charge in [0.05, 0.1) is 16.3 Å². The van der Waals surface area contributed by atoms with Gasteiger partial charge in [-0.2, -0.15) is 8.42 Å². The number of para-hydroxylation sites is 1. The zero-order valence-electron chi connectivity index (χ0n) is 17.2. The molecule has 0 unspecified atom stereocenters. The van der Waals surface area contributed by atoms with E-state index in [1.165, 1.54) is 54.4 Å². The van der Waals surface area contributed by atoms with Crippen LogP contribution < -0.4 is 20.0 Å². The standard InChI is InChI=1S/C21H18ClN3O6S2/c1-30-25-9-8-14(10-20(25)23)13-32(26,27)19-7-6-16(22)12-17(19)24-33(28,29)21-11-15-4-2-3-5-18(15)31-21/h2-12,23-24H,13H2,1H3/p+1. The summed E-state index contributed by atoms with van der Waals surface area (Å²) >= 11 is 6.03. The maximum atomic E-state index is 13.2. The highest BCUT2D eigenvalue weighted by Crippen LogP contribution is 2.31. The van der Waals surface area contributed by atoms with Gasteiger partial charge in [-0.1, -0.05) is 34.5 Å². The van der Waals surface area contributed by atoms with E-state index in [0.717, 1.165) is 0 Å². The van der Waals surface area contributed by atoms with Crippen LogP contribution in [0.2, 0.25) is 5.02 Å². The zero-order chi connectivity index (χ0) is 23.8. The fourth-order valence-electron chi connectivity index (χ4n) is 3.24. The van der Waals surface area contributed by atoms with Crippen LogP contribution in [0, 0.1) is 0 Å². The van der Waals surface area contributed by atoms with E-state index >= 15 is 0 Å². The van der Waals surface area contributed by atoms with Gasteiger partial charge in [-0.3, -0.25) is 10.5 Å². The number of benzene rings is 2. The monoisotopic (exact) mass is 508 g/mol. The molecule has 12 heteroatoms. The van der Waals surface area contributed by atoms with Crippen molar-refractivity contribution in [2.75, 3.05) is 17.6 Å². The SMILES string of the molecule is CO[n+]1ccc(CS(=O)(=O)c2ccc(Cl)cc2NS(=O)(=O)c2cc3ccccc3o2)cc1N. The normalized spacial score (nSPS) is 12.1. The fraction of sp³-hybridized carbons (Fsp3) is 0.0952. The summed E-state index contributed by atoms with van der Waals surface area (Å²) in [5.74, 6) is -0.227. The van der Waals surface area contributed by atoms with E-state index in [9.17, 15) is 16.8 Å². The molecule has 9 nitrogen and oxygen atoms in total. The summed E-state index contributed by atoms with van der Waals surface area (Å²) in [6, 6.07) is 15.0. The highest BCUT2D eigenvalue weighted by Gasteiger charge is 2.26. The summed E-state index contributed by atoms with van der Waals surface area (Å²) in [6.45, 7) is 0. The summed E-state index contributed by atoms with van der Waals surface area (Å²) in [7, 11) is -6.82. The summed E-state index contributed by atoms with van der Waals surface area (Å²) in [5.41, 5.74) is 6.42. The van der Waals surface area contributed by atoms with Crippen molar-refractivity contribution >= 4 is 53.9 Å². The first kappa shape index (κ1) is 22.9. The second kappa shape index (κ2) is 8.58. The number of nitrogens with zero attached hydrogens (tertiary/aromatic N) is 1. The minimum atomic E-state index is -4.24. The van der Waals surface area contributed by atoms with Gasteiger partial charge in [0.15, 0.2) is 9.84 Å². The minimum absolute atomic E-state index is 0.154. The first-order valence-corrected chi connectivity index (χ1v) is 13.0. The van der Waals surface area contributed by atoms with Gasteiger partial charge in [0.1, 0.15) is 18.9 Å². The lowest BCUT2D eigenvalue weighted by molar-refractivity contribution is -0.874. The predicted molar refractivity (Wildman–Crippen MR) is 123 cm³/mol. The van der Waals surface area contributed by atoms with Crippen LogP contribution in [0.5, 0.6) is 0 Å². The van der Waals surface area contributed by atoms with Gasteiger partial charge in [0.2, 0.25) is 5.09 Å². The second-order valence-corrected chi connectivity index (χ2v) is 11.1. The molecule has 0 saturated heterocycles. The Balaban J connectivity index is 1.70. The molecule has 0 spiro atoms. The Hall–Kier alpha value is -3.28. The number of hydrogen-bond donors (Lipinski definition) is 2. The molecule has 33 heavy (non-hydrogen) atoms. The number of hydrogen-bond acceptors (Lipinski definition) is 7. The summed E-state index contributed by atoms with van der Waals surface area (Å²) in [4.78, 5) is 4.77. The minimum Gasteiger partial charge on any atom is -0.443 e. The molecule has 0 bridgehead atoms. The van der Waals surface area contributed by atoms with Gasteiger partial charge in [0.25, 0.3) is 10.0 Å². The number of nitrogens with one attached hydrogen (secondary N) is 1. The van der Waals surface area contributed by atoms with Crippen LogP contribution in [0.1, 0.15) is 5.56 Å². The van der Waals surface area contributed by atoms with Crippen molar-refractivity contribution in [3.8, 4) is 0 Å². The topological polar surface area (TPSA) is 133 Å². The van der Waals surface area contributed by atoms with Gasteiger partial charge in [-0.15, -0.1) is 0 Å². The van der Waals surface area contributed by atoms with Crippen molar-refractivity contribution in [3.05, 3.63) is 77.4 Å². The van der Waals surface area contributed by atoms with Crippen LogP contribution in [0.25, 0.3) is 11.0 Å². The van der Waals surface area contributed by atoms with Crippen molar-refractivity contribution in [2.24, 2.45) is 0 Å². The number of pyridine rings is 1. The highest BCUT2D eigenvalue weighted by atomic mass is 35.5. The summed E-state index contributed by atoms with van der Waals surface area (Å²) in [6.07, 6.45) is 1.48. The maximum absolute atomic E-state index is 13.2. The molecule has 2 aromatic heterocycles. The third kappa shape index (κ3) is 4.75. The molecule has 0 aliphatic carbocycles. The van der Waals surface area contributed by atoms with Crippen molar-refractivity contribution in [1.82, 2.24) is 0 Å². The molecule has 0 amide bonds. The Morgan fingerprint density at radius 1 is 1.06 bits per heavy atom. The van der Waals surface area contributed by atoms with E-state index in [1.54, 1.807) is 24.3 Å².